The number of aryl methyl sites for hydroxylation is 2. The lowest BCUT2D eigenvalue weighted by atomic mass is 10.1. The van der Waals surface area contributed by atoms with Crippen LogP contribution in [0.25, 0.3) is 11.0 Å². The number of alkyl halides is 3. The molecule has 0 amide bonds. The summed E-state index contributed by atoms with van der Waals surface area (Å²) in [5.74, 6) is -2.93. The molecule has 1 heterocycles. The summed E-state index contributed by atoms with van der Waals surface area (Å²) in [6, 6.07) is 8.94. The Kier molecular flexibility index (Phi) is 7.30. The van der Waals surface area contributed by atoms with E-state index in [1.165, 1.54) is 24.3 Å². The Morgan fingerprint density at radius 1 is 1.03 bits per heavy atom. The maximum Gasteiger partial charge on any atom is 0.453 e. The molecule has 0 bridgehead atoms. The highest BCUT2D eigenvalue weighted by molar-refractivity contribution is 5.81. The Hall–Kier alpha value is -3.49. The third-order valence-corrected chi connectivity index (χ3v) is 4.87. The minimum atomic E-state index is -4.98. The van der Waals surface area contributed by atoms with E-state index in [-0.39, 0.29) is 29.1 Å². The van der Waals surface area contributed by atoms with Gasteiger partial charge in [0.15, 0.2) is 6.61 Å². The first kappa shape index (κ1) is 24.2. The van der Waals surface area contributed by atoms with Crippen molar-refractivity contribution in [3.8, 4) is 17.2 Å². The standard InChI is InChI=1S/C24H23F3O6/c1-4-14-7-9-16(10-8-14)32-22-21(29)17-11-15(5-2)18(31-13-20(28)30-6-3)12-19(17)33-23(22)24(25,26)27/h7-12H,4-6,13H2,1-3H3. The first-order chi connectivity index (χ1) is 15.7. The average Bonchev–Trinajstić information content (AvgIpc) is 2.78. The zero-order valence-corrected chi connectivity index (χ0v) is 18.4. The van der Waals surface area contributed by atoms with Crippen LogP contribution in [0.15, 0.2) is 45.6 Å². The van der Waals surface area contributed by atoms with Crippen molar-refractivity contribution in [3.63, 3.8) is 0 Å². The molecule has 0 aliphatic rings. The monoisotopic (exact) mass is 464 g/mol. The van der Waals surface area contributed by atoms with Gasteiger partial charge in [-0.15, -0.1) is 0 Å². The van der Waals surface area contributed by atoms with Gasteiger partial charge in [-0.1, -0.05) is 26.0 Å². The van der Waals surface area contributed by atoms with Crippen LogP contribution in [0.1, 0.15) is 37.7 Å². The molecule has 33 heavy (non-hydrogen) atoms. The van der Waals surface area contributed by atoms with Crippen LogP contribution in [0.4, 0.5) is 13.2 Å². The summed E-state index contributed by atoms with van der Waals surface area (Å²) in [7, 11) is 0. The largest absolute Gasteiger partial charge is 0.481 e. The molecule has 3 rings (SSSR count). The van der Waals surface area contributed by atoms with Crippen molar-refractivity contribution < 1.29 is 36.6 Å². The number of esters is 1. The highest BCUT2D eigenvalue weighted by atomic mass is 19.4. The van der Waals surface area contributed by atoms with Crippen LogP contribution in [0.2, 0.25) is 0 Å². The van der Waals surface area contributed by atoms with Gasteiger partial charge >= 0.3 is 12.1 Å². The van der Waals surface area contributed by atoms with E-state index in [9.17, 15) is 22.8 Å². The maximum atomic E-state index is 13.8. The SMILES string of the molecule is CCOC(=O)COc1cc2oc(C(F)(F)F)c(Oc3ccc(CC)cc3)c(=O)c2cc1CC. The van der Waals surface area contributed by atoms with Crippen LogP contribution >= 0.6 is 0 Å². The van der Waals surface area contributed by atoms with Crippen molar-refractivity contribution in [3.05, 3.63) is 63.5 Å². The fraction of sp³-hybridized carbons (Fsp3) is 0.333. The summed E-state index contributed by atoms with van der Waals surface area (Å²) in [5.41, 5.74) is 0.177. The highest BCUT2D eigenvalue weighted by Gasteiger charge is 2.40. The van der Waals surface area contributed by atoms with E-state index >= 15 is 0 Å². The third-order valence-electron chi connectivity index (χ3n) is 4.87. The lowest BCUT2D eigenvalue weighted by Crippen LogP contribution is -2.17. The second kappa shape index (κ2) is 9.97. The van der Waals surface area contributed by atoms with Crippen LogP contribution in [0, 0.1) is 0 Å². The topological polar surface area (TPSA) is 75.0 Å². The first-order valence-electron chi connectivity index (χ1n) is 10.4. The number of carbonyl (C=O) groups excluding carboxylic acids is 1. The molecule has 0 N–H and O–H groups in total. The van der Waals surface area contributed by atoms with Gasteiger partial charge < -0.3 is 18.6 Å². The van der Waals surface area contributed by atoms with E-state index in [4.69, 9.17) is 18.6 Å². The molecule has 6 nitrogen and oxygen atoms in total. The molecule has 0 radical (unpaired) electrons. The van der Waals surface area contributed by atoms with Gasteiger partial charge in [-0.2, -0.15) is 13.2 Å². The summed E-state index contributed by atoms with van der Waals surface area (Å²) in [4.78, 5) is 24.6. The second-order valence-electron chi connectivity index (χ2n) is 7.09. The molecule has 1 aromatic heterocycles. The summed E-state index contributed by atoms with van der Waals surface area (Å²) in [5, 5.41) is -0.0940. The smallest absolute Gasteiger partial charge is 0.453 e. The van der Waals surface area contributed by atoms with Gasteiger partial charge in [-0.25, -0.2) is 4.79 Å². The van der Waals surface area contributed by atoms with Crippen molar-refractivity contribution in [1.82, 2.24) is 0 Å². The van der Waals surface area contributed by atoms with Crippen LogP contribution < -0.4 is 14.9 Å². The number of ether oxygens (including phenoxy) is 3. The zero-order valence-electron chi connectivity index (χ0n) is 18.4. The zero-order chi connectivity index (χ0) is 24.2. The molecule has 0 saturated carbocycles. The minimum Gasteiger partial charge on any atom is -0.481 e. The summed E-state index contributed by atoms with van der Waals surface area (Å²) < 4.78 is 61.9. The second-order valence-corrected chi connectivity index (χ2v) is 7.09. The third kappa shape index (κ3) is 5.47. The fourth-order valence-electron chi connectivity index (χ4n) is 3.19. The predicted octanol–water partition coefficient (Wildman–Crippen LogP) is 5.67. The number of hydrogen-bond donors (Lipinski definition) is 0. The molecule has 0 aliphatic heterocycles. The molecule has 3 aromatic rings. The molecule has 9 heteroatoms. The van der Waals surface area contributed by atoms with Crippen LogP contribution in [-0.4, -0.2) is 19.2 Å². The van der Waals surface area contributed by atoms with Gasteiger partial charge in [0.25, 0.3) is 5.76 Å². The summed E-state index contributed by atoms with van der Waals surface area (Å²) >= 11 is 0. The number of fused-ring (bicyclic) bond motifs is 1. The van der Waals surface area contributed by atoms with Gasteiger partial charge in [0.1, 0.15) is 17.1 Å². The molecule has 0 atom stereocenters. The van der Waals surface area contributed by atoms with Gasteiger partial charge in [0, 0.05) is 6.07 Å². The van der Waals surface area contributed by atoms with Crippen molar-refractivity contribution in [1.29, 1.82) is 0 Å². The van der Waals surface area contributed by atoms with E-state index in [2.05, 4.69) is 0 Å². The Morgan fingerprint density at radius 3 is 2.30 bits per heavy atom. The minimum absolute atomic E-state index is 0.0782. The van der Waals surface area contributed by atoms with Crippen molar-refractivity contribution in [2.24, 2.45) is 0 Å². The summed E-state index contributed by atoms with van der Waals surface area (Å²) in [6.07, 6.45) is -3.85. The normalized spacial score (nSPS) is 11.5. The van der Waals surface area contributed by atoms with E-state index in [1.807, 2.05) is 6.92 Å². The molecular formula is C24H23F3O6. The van der Waals surface area contributed by atoms with Gasteiger partial charge in [0.05, 0.1) is 12.0 Å². The van der Waals surface area contributed by atoms with Crippen molar-refractivity contribution in [2.75, 3.05) is 13.2 Å². The lowest BCUT2D eigenvalue weighted by molar-refractivity contribution is -0.154. The molecule has 0 spiro atoms. The van der Waals surface area contributed by atoms with Crippen molar-refractivity contribution in [2.45, 2.75) is 39.8 Å². The van der Waals surface area contributed by atoms with Crippen LogP contribution in [0.5, 0.6) is 17.2 Å². The van der Waals surface area contributed by atoms with E-state index in [1.54, 1.807) is 26.0 Å². The van der Waals surface area contributed by atoms with Crippen LogP contribution in [0.3, 0.4) is 0 Å². The number of carbonyl (C=O) groups is 1. The molecule has 2 aromatic carbocycles. The van der Waals surface area contributed by atoms with E-state index < -0.39 is 35.7 Å². The quantitative estimate of drug-likeness (QED) is 0.400. The Balaban J connectivity index is 2.11. The van der Waals surface area contributed by atoms with Crippen molar-refractivity contribution >= 4 is 16.9 Å². The molecule has 176 valence electrons. The average molecular weight is 464 g/mol. The Labute approximate surface area is 187 Å². The van der Waals surface area contributed by atoms with Gasteiger partial charge in [-0.05, 0) is 49.1 Å². The predicted molar refractivity (Wildman–Crippen MR) is 115 cm³/mol. The first-order valence-corrected chi connectivity index (χ1v) is 10.4. The molecule has 0 aliphatic carbocycles. The molecule has 0 unspecified atom stereocenters. The Morgan fingerprint density at radius 2 is 1.73 bits per heavy atom. The molecule has 0 fully saturated rings. The lowest BCUT2D eigenvalue weighted by Gasteiger charge is -2.15. The van der Waals surface area contributed by atoms with E-state index in [0.717, 1.165) is 12.0 Å². The van der Waals surface area contributed by atoms with Gasteiger partial charge in [0.2, 0.25) is 11.2 Å². The summed E-state index contributed by atoms with van der Waals surface area (Å²) in [6.45, 7) is 5.07. The number of halogens is 3. The molecular weight excluding hydrogens is 441 g/mol. The number of benzene rings is 2. The van der Waals surface area contributed by atoms with E-state index in [0.29, 0.717) is 12.0 Å². The number of hydrogen-bond acceptors (Lipinski definition) is 6. The number of rotatable bonds is 8. The Bertz CT molecular complexity index is 1200. The maximum absolute atomic E-state index is 13.8. The fourth-order valence-corrected chi connectivity index (χ4v) is 3.19. The van der Waals surface area contributed by atoms with Gasteiger partial charge in [-0.3, -0.25) is 4.79 Å². The molecule has 0 saturated heterocycles. The van der Waals surface area contributed by atoms with Crippen LogP contribution in [-0.2, 0) is 28.5 Å². The highest BCUT2D eigenvalue weighted by Crippen LogP contribution is 2.39.